The van der Waals surface area contributed by atoms with Gasteiger partial charge in [0, 0.05) is 6.61 Å². The summed E-state index contributed by atoms with van der Waals surface area (Å²) >= 11 is 0. The molecule has 4 rings (SSSR count). The van der Waals surface area contributed by atoms with Gasteiger partial charge in [0.1, 0.15) is 54.9 Å². The van der Waals surface area contributed by atoms with Crippen LogP contribution in [0.25, 0.3) is 0 Å². The number of aliphatic hydroxyl groups is 14. The molecule has 46 heavy (non-hydrogen) atoms. The maximum atomic E-state index is 11.2. The van der Waals surface area contributed by atoms with E-state index >= 15 is 0 Å². The molecule has 0 aromatic carbocycles. The van der Waals surface area contributed by atoms with Crippen molar-refractivity contribution in [3.05, 3.63) is 23.0 Å². The van der Waals surface area contributed by atoms with Crippen molar-refractivity contribution in [1.82, 2.24) is 0 Å². The first-order chi connectivity index (χ1) is 21.5. The molecule has 0 bridgehead atoms. The number of ether oxygens (including phenoxy) is 6. The first-order valence-electron chi connectivity index (χ1n) is 13.4. The summed E-state index contributed by atoms with van der Waals surface area (Å²) in [5.41, 5.74) is 0. The highest BCUT2D eigenvalue weighted by atomic mass is 16.7. The Morgan fingerprint density at radius 3 is 1.46 bits per heavy atom. The molecule has 266 valence electrons. The predicted molar refractivity (Wildman–Crippen MR) is 138 cm³/mol. The van der Waals surface area contributed by atoms with Crippen molar-refractivity contribution in [2.75, 3.05) is 26.4 Å². The number of rotatable bonds is 8. The smallest absolute Gasteiger partial charge is 0.379 e. The van der Waals surface area contributed by atoms with Gasteiger partial charge in [0.15, 0.2) is 24.4 Å². The van der Waals surface area contributed by atoms with Crippen LogP contribution < -0.4 is 0 Å². The number of aliphatic hydroxyl groups excluding tert-OH is 14. The lowest BCUT2D eigenvalue weighted by Gasteiger charge is -2.41. The summed E-state index contributed by atoms with van der Waals surface area (Å²) < 4.78 is 28.8. The van der Waals surface area contributed by atoms with Gasteiger partial charge in [-0.05, 0) is 6.92 Å². The van der Waals surface area contributed by atoms with E-state index in [9.17, 15) is 55.5 Å². The number of hydrogen-bond donors (Lipinski definition) is 14. The van der Waals surface area contributed by atoms with Crippen molar-refractivity contribution in [2.24, 2.45) is 0 Å². The molecule has 0 aromatic rings. The van der Waals surface area contributed by atoms with E-state index in [0.717, 1.165) is 0 Å². The molecule has 4 aliphatic rings. The van der Waals surface area contributed by atoms with Crippen LogP contribution in [0, 0.1) is 0 Å². The van der Waals surface area contributed by atoms with Gasteiger partial charge in [-0.15, -0.1) is 0 Å². The van der Waals surface area contributed by atoms with E-state index in [0.29, 0.717) is 6.61 Å². The van der Waals surface area contributed by atoms with E-state index in [4.69, 9.17) is 44.5 Å². The summed E-state index contributed by atoms with van der Waals surface area (Å²) in [5.74, 6) is -5.99. The zero-order valence-corrected chi connectivity index (χ0v) is 23.9. The summed E-state index contributed by atoms with van der Waals surface area (Å²) in [5, 5.41) is 129. The van der Waals surface area contributed by atoms with Crippen molar-refractivity contribution < 1.29 is 110 Å². The highest BCUT2D eigenvalue weighted by molar-refractivity contribution is 5.89. The minimum absolute atomic E-state index is 0.308. The molecule has 4 aliphatic heterocycles. The Bertz CT molecular complexity index is 1070. The first-order valence-corrected chi connectivity index (χ1v) is 13.4. The van der Waals surface area contributed by atoms with Crippen LogP contribution in [-0.2, 0) is 38.0 Å². The molecule has 0 saturated carbocycles. The van der Waals surface area contributed by atoms with Crippen molar-refractivity contribution >= 4 is 11.9 Å². The Balaban J connectivity index is 0.000000270. The van der Waals surface area contributed by atoms with Crippen LogP contribution in [0.15, 0.2) is 23.0 Å². The fourth-order valence-electron chi connectivity index (χ4n) is 4.08. The Morgan fingerprint density at radius 2 is 1.11 bits per heavy atom. The van der Waals surface area contributed by atoms with Gasteiger partial charge in [0.2, 0.25) is 17.3 Å². The fraction of sp³-hybridized carbons (Fsp3) is 0.750. The number of carbonyl (C=O) groups is 2. The quantitative estimate of drug-likeness (QED) is 0.106. The summed E-state index contributed by atoms with van der Waals surface area (Å²) in [6.07, 6.45) is -18.4. The lowest BCUT2D eigenvalue weighted by Crippen LogP contribution is -2.60. The molecular weight excluding hydrogens is 640 g/mol. The third-order valence-corrected chi connectivity index (χ3v) is 6.68. The van der Waals surface area contributed by atoms with Crippen LogP contribution in [-0.4, -0.2) is 190 Å². The van der Waals surface area contributed by atoms with Crippen LogP contribution in [0.1, 0.15) is 6.92 Å². The Kier molecular flexibility index (Phi) is 14.7. The van der Waals surface area contributed by atoms with Gasteiger partial charge >= 0.3 is 11.9 Å². The Morgan fingerprint density at radius 1 is 0.652 bits per heavy atom. The molecule has 2 saturated heterocycles. The molecule has 0 spiro atoms. The zero-order valence-electron chi connectivity index (χ0n) is 23.9. The third kappa shape index (κ3) is 8.90. The van der Waals surface area contributed by atoms with Crippen LogP contribution in [0.3, 0.4) is 0 Å². The zero-order chi connectivity index (χ0) is 35.0. The second-order valence-corrected chi connectivity index (χ2v) is 9.76. The van der Waals surface area contributed by atoms with E-state index in [-0.39, 0.29) is 0 Å². The monoisotopic (exact) mass is 678 g/mol. The minimum Gasteiger partial charge on any atom is -0.505 e. The van der Waals surface area contributed by atoms with Gasteiger partial charge < -0.3 is 99.9 Å². The molecule has 13 unspecified atom stereocenters. The highest BCUT2D eigenvalue weighted by Gasteiger charge is 2.48. The van der Waals surface area contributed by atoms with Crippen LogP contribution in [0.2, 0.25) is 0 Å². The minimum atomic E-state index is -1.74. The Hall–Kier alpha value is -2.94. The molecular formula is C24H38O22. The van der Waals surface area contributed by atoms with Crippen molar-refractivity contribution in [1.29, 1.82) is 0 Å². The Labute approximate surface area is 258 Å². The standard InChI is InChI=1S/C12H18O11.C8H16O6.C4H4O5/c13-1-3-5(15)6(16)9(19)12(21-3)22-4(2-14)10-7(17)8(18)11(20)23-10;1-2-13-8-7(12)6(11)5(10)4(3-9)14-8;5-1-2(6)4(8)9-3(1)7/h3-6,9-10,12-19H,1-2H2;4-12H,2-3H2,1H3;3,5-7H. The normalized spacial score (nSPS) is 38.3. The molecule has 13 atom stereocenters. The largest absolute Gasteiger partial charge is 0.505 e. The summed E-state index contributed by atoms with van der Waals surface area (Å²) in [4.78, 5) is 21.3. The van der Waals surface area contributed by atoms with E-state index in [1.807, 2.05) is 0 Å². The molecule has 0 amide bonds. The lowest BCUT2D eigenvalue weighted by atomic mass is 9.99. The van der Waals surface area contributed by atoms with Gasteiger partial charge in [-0.25, -0.2) is 9.59 Å². The summed E-state index contributed by atoms with van der Waals surface area (Å²) in [6.45, 7) is 0.0991. The number of cyclic esters (lactones) is 2. The van der Waals surface area contributed by atoms with E-state index in [1.54, 1.807) is 6.92 Å². The van der Waals surface area contributed by atoms with E-state index < -0.39 is 135 Å². The molecule has 0 radical (unpaired) electrons. The molecule has 14 N–H and O–H groups in total. The van der Waals surface area contributed by atoms with Gasteiger partial charge in [-0.2, -0.15) is 0 Å². The first kappa shape index (κ1) is 39.2. The van der Waals surface area contributed by atoms with Gasteiger partial charge in [-0.3, -0.25) is 0 Å². The third-order valence-electron chi connectivity index (χ3n) is 6.68. The molecule has 22 heteroatoms. The summed E-state index contributed by atoms with van der Waals surface area (Å²) in [6, 6.07) is 0. The van der Waals surface area contributed by atoms with Crippen LogP contribution >= 0.6 is 0 Å². The average Bonchev–Trinajstić information content (AvgIpc) is 3.42. The van der Waals surface area contributed by atoms with Crippen molar-refractivity contribution in [2.45, 2.75) is 86.8 Å². The number of carbonyl (C=O) groups excluding carboxylic acids is 2. The fourth-order valence-corrected chi connectivity index (χ4v) is 4.08. The maximum Gasteiger partial charge on any atom is 0.379 e. The molecule has 22 nitrogen and oxygen atoms in total. The predicted octanol–water partition coefficient (Wildman–Crippen LogP) is -6.57. The van der Waals surface area contributed by atoms with E-state index in [2.05, 4.69) is 9.47 Å². The van der Waals surface area contributed by atoms with E-state index in [1.165, 1.54) is 0 Å². The highest BCUT2D eigenvalue weighted by Crippen LogP contribution is 2.28. The maximum absolute atomic E-state index is 11.2. The van der Waals surface area contributed by atoms with Crippen molar-refractivity contribution in [3.63, 3.8) is 0 Å². The lowest BCUT2D eigenvalue weighted by molar-refractivity contribution is -0.318. The number of hydrogen-bond acceptors (Lipinski definition) is 22. The summed E-state index contributed by atoms with van der Waals surface area (Å²) in [7, 11) is 0. The van der Waals surface area contributed by atoms with Gasteiger partial charge in [0.05, 0.1) is 19.8 Å². The average molecular weight is 679 g/mol. The second kappa shape index (κ2) is 17.3. The number of esters is 2. The molecule has 4 heterocycles. The van der Waals surface area contributed by atoms with Crippen LogP contribution in [0.4, 0.5) is 0 Å². The second-order valence-electron chi connectivity index (χ2n) is 9.76. The van der Waals surface area contributed by atoms with Crippen molar-refractivity contribution in [3.8, 4) is 0 Å². The van der Waals surface area contributed by atoms with Gasteiger partial charge in [-0.1, -0.05) is 0 Å². The van der Waals surface area contributed by atoms with Crippen LogP contribution in [0.5, 0.6) is 0 Å². The SMILES string of the molecule is CCOC1OC(CO)C(O)C(O)C1O.O=C1OC(C(CO)OC2OC(CO)C(O)C(O)C2O)C(O)=C1O.O=C1OC(O)C(O)=C1O. The topological polar surface area (TPSA) is 373 Å². The van der Waals surface area contributed by atoms with Gasteiger partial charge in [0.25, 0.3) is 6.29 Å². The molecule has 0 aromatic heterocycles. The molecule has 2 fully saturated rings. The molecule has 0 aliphatic carbocycles.